The Morgan fingerprint density at radius 2 is 1.53 bits per heavy atom. The largest absolute Gasteiger partial charge is 0.354 e. The van der Waals surface area contributed by atoms with Crippen molar-refractivity contribution in [1.29, 1.82) is 0 Å². The highest BCUT2D eigenvalue weighted by Crippen LogP contribution is 2.47. The lowest BCUT2D eigenvalue weighted by Gasteiger charge is -2.34. The van der Waals surface area contributed by atoms with Crippen molar-refractivity contribution in [3.63, 3.8) is 0 Å². The summed E-state index contributed by atoms with van der Waals surface area (Å²) in [6, 6.07) is 29.9. The maximum Gasteiger partial charge on any atom is 0.0640 e. The molecule has 2 nitrogen and oxygen atoms in total. The van der Waals surface area contributed by atoms with Crippen LogP contribution in [0.2, 0.25) is 5.02 Å². The Hall–Kier alpha value is -3.23. The number of nitrogens with one attached hydrogen (secondary N) is 1. The fourth-order valence-electron chi connectivity index (χ4n) is 4.96. The molecular weight excluding hydrogens is 388 g/mol. The number of hydrogen-bond donors (Lipinski definition) is 1. The fourth-order valence-corrected chi connectivity index (χ4v) is 5.14. The number of fused-ring (bicyclic) bond motifs is 5. The molecule has 0 spiro atoms. The smallest absolute Gasteiger partial charge is 0.0640 e. The molecule has 0 atom stereocenters. The van der Waals surface area contributed by atoms with Crippen LogP contribution in [0.4, 0.5) is 11.4 Å². The molecule has 2 heterocycles. The summed E-state index contributed by atoms with van der Waals surface area (Å²) in [5, 5.41) is 6.73. The van der Waals surface area contributed by atoms with Crippen molar-refractivity contribution in [3.05, 3.63) is 101 Å². The molecule has 0 fully saturated rings. The van der Waals surface area contributed by atoms with E-state index in [0.717, 1.165) is 16.4 Å². The molecule has 1 aliphatic rings. The molecular formula is C27H21ClN2. The molecule has 0 bridgehead atoms. The van der Waals surface area contributed by atoms with Gasteiger partial charge in [0.1, 0.15) is 0 Å². The molecule has 1 aliphatic heterocycles. The molecule has 5 aromatic rings. The number of para-hydroxylation sites is 3. The molecule has 1 N–H and O–H groups in total. The van der Waals surface area contributed by atoms with Crippen molar-refractivity contribution in [3.8, 4) is 5.69 Å². The lowest BCUT2D eigenvalue weighted by molar-refractivity contribution is 0.630. The van der Waals surface area contributed by atoms with Gasteiger partial charge in [0.15, 0.2) is 0 Å². The second kappa shape index (κ2) is 6.13. The summed E-state index contributed by atoms with van der Waals surface area (Å²) in [5.41, 5.74) is 8.45. The third-order valence-electron chi connectivity index (χ3n) is 6.43. The van der Waals surface area contributed by atoms with Gasteiger partial charge in [0.25, 0.3) is 0 Å². The minimum atomic E-state index is -0.0425. The first kappa shape index (κ1) is 17.6. The summed E-state index contributed by atoms with van der Waals surface area (Å²) >= 11 is 6.36. The Morgan fingerprint density at radius 3 is 2.40 bits per heavy atom. The summed E-state index contributed by atoms with van der Waals surface area (Å²) < 4.78 is 2.43. The molecule has 146 valence electrons. The maximum atomic E-state index is 6.36. The number of nitrogens with zero attached hydrogens (tertiary/aromatic N) is 1. The monoisotopic (exact) mass is 408 g/mol. The number of aromatic nitrogens is 1. The Balaban J connectivity index is 1.65. The van der Waals surface area contributed by atoms with Crippen LogP contribution < -0.4 is 5.32 Å². The van der Waals surface area contributed by atoms with E-state index < -0.39 is 0 Å². The van der Waals surface area contributed by atoms with Crippen LogP contribution in [0, 0.1) is 0 Å². The number of hydrogen-bond acceptors (Lipinski definition) is 1. The summed E-state index contributed by atoms with van der Waals surface area (Å²) in [7, 11) is 0. The van der Waals surface area contributed by atoms with E-state index in [2.05, 4.69) is 84.4 Å². The van der Waals surface area contributed by atoms with Crippen LogP contribution in [-0.2, 0) is 5.41 Å². The van der Waals surface area contributed by atoms with E-state index in [0.29, 0.717) is 0 Å². The van der Waals surface area contributed by atoms with Gasteiger partial charge in [0, 0.05) is 21.9 Å². The van der Waals surface area contributed by atoms with Crippen molar-refractivity contribution in [2.45, 2.75) is 19.3 Å². The Morgan fingerprint density at radius 1 is 0.767 bits per heavy atom. The van der Waals surface area contributed by atoms with E-state index in [4.69, 9.17) is 11.6 Å². The zero-order valence-electron chi connectivity index (χ0n) is 16.9. The fraction of sp³-hybridized carbons (Fsp3) is 0.111. The highest BCUT2D eigenvalue weighted by atomic mass is 35.5. The molecule has 3 heteroatoms. The summed E-state index contributed by atoms with van der Waals surface area (Å²) in [6.45, 7) is 4.65. The van der Waals surface area contributed by atoms with Crippen LogP contribution in [0.3, 0.4) is 0 Å². The molecule has 30 heavy (non-hydrogen) atoms. The quantitative estimate of drug-likeness (QED) is 0.315. The Labute approximate surface area is 180 Å². The topological polar surface area (TPSA) is 17.0 Å². The van der Waals surface area contributed by atoms with Gasteiger partial charge in [-0.15, -0.1) is 0 Å². The van der Waals surface area contributed by atoms with Crippen molar-refractivity contribution >= 4 is 44.8 Å². The summed E-state index contributed by atoms with van der Waals surface area (Å²) in [6.07, 6.45) is 0. The number of rotatable bonds is 2. The number of benzene rings is 4. The second-order valence-electron chi connectivity index (χ2n) is 8.52. The van der Waals surface area contributed by atoms with Gasteiger partial charge in [-0.2, -0.15) is 0 Å². The molecule has 0 amide bonds. The lowest BCUT2D eigenvalue weighted by atomic mass is 9.75. The number of anilines is 2. The van der Waals surface area contributed by atoms with Crippen molar-refractivity contribution in [2.24, 2.45) is 0 Å². The van der Waals surface area contributed by atoms with Crippen molar-refractivity contribution < 1.29 is 0 Å². The predicted molar refractivity (Wildman–Crippen MR) is 128 cm³/mol. The van der Waals surface area contributed by atoms with E-state index in [1.165, 1.54) is 38.6 Å². The molecule has 4 aromatic carbocycles. The minimum Gasteiger partial charge on any atom is -0.354 e. The molecule has 0 unspecified atom stereocenters. The molecule has 0 radical (unpaired) electrons. The first-order valence-electron chi connectivity index (χ1n) is 10.2. The van der Waals surface area contributed by atoms with Crippen molar-refractivity contribution in [2.75, 3.05) is 5.32 Å². The summed E-state index contributed by atoms with van der Waals surface area (Å²) in [4.78, 5) is 0. The zero-order chi connectivity index (χ0) is 20.5. The highest BCUT2D eigenvalue weighted by molar-refractivity contribution is 6.33. The third kappa shape index (κ3) is 2.31. The standard InChI is InChI=1S/C27H21ClN2/c1-27(2)20-9-3-6-13-25(20)30-24-15-14-17(29-23-12-5-4-11-22(23)28)16-19(24)18-8-7-10-21(27)26(18)30/h3-16,29H,1-2H3. The van der Waals surface area contributed by atoms with Crippen LogP contribution in [-0.4, -0.2) is 4.57 Å². The average Bonchev–Trinajstić information content (AvgIpc) is 3.08. The van der Waals surface area contributed by atoms with E-state index in [9.17, 15) is 0 Å². The lowest BCUT2D eigenvalue weighted by Crippen LogP contribution is -2.26. The van der Waals surface area contributed by atoms with Gasteiger partial charge in [0.05, 0.1) is 27.4 Å². The van der Waals surface area contributed by atoms with E-state index >= 15 is 0 Å². The minimum absolute atomic E-state index is 0.0425. The van der Waals surface area contributed by atoms with Gasteiger partial charge < -0.3 is 9.88 Å². The summed E-state index contributed by atoms with van der Waals surface area (Å²) in [5.74, 6) is 0. The number of halogens is 1. The van der Waals surface area contributed by atoms with Crippen LogP contribution >= 0.6 is 11.6 Å². The average molecular weight is 409 g/mol. The molecule has 1 aromatic heterocycles. The van der Waals surface area contributed by atoms with Gasteiger partial charge in [0.2, 0.25) is 0 Å². The molecule has 0 saturated carbocycles. The normalized spacial score (nSPS) is 14.1. The van der Waals surface area contributed by atoms with Gasteiger partial charge in [-0.3, -0.25) is 0 Å². The van der Waals surface area contributed by atoms with E-state index in [1.807, 2.05) is 24.3 Å². The Kier molecular flexibility index (Phi) is 3.60. The van der Waals surface area contributed by atoms with Crippen LogP contribution in [0.25, 0.3) is 27.5 Å². The molecule has 0 saturated heterocycles. The first-order valence-corrected chi connectivity index (χ1v) is 10.6. The maximum absolute atomic E-state index is 6.36. The molecule has 6 rings (SSSR count). The van der Waals surface area contributed by atoms with E-state index in [-0.39, 0.29) is 5.41 Å². The van der Waals surface area contributed by atoms with Gasteiger partial charge in [-0.1, -0.05) is 74.0 Å². The second-order valence-corrected chi connectivity index (χ2v) is 8.92. The van der Waals surface area contributed by atoms with Crippen molar-refractivity contribution in [1.82, 2.24) is 4.57 Å². The molecule has 0 aliphatic carbocycles. The Bertz CT molecular complexity index is 1460. The van der Waals surface area contributed by atoms with Crippen LogP contribution in [0.5, 0.6) is 0 Å². The van der Waals surface area contributed by atoms with Gasteiger partial charge >= 0.3 is 0 Å². The van der Waals surface area contributed by atoms with Crippen LogP contribution in [0.1, 0.15) is 25.0 Å². The third-order valence-corrected chi connectivity index (χ3v) is 6.76. The SMILES string of the molecule is CC1(C)c2ccccc2-n2c3ccc(Nc4ccccc4Cl)cc3c3cccc1c32. The van der Waals surface area contributed by atoms with E-state index in [1.54, 1.807) is 0 Å². The van der Waals surface area contributed by atoms with Gasteiger partial charge in [-0.05, 0) is 47.5 Å². The first-order chi connectivity index (χ1) is 14.6. The van der Waals surface area contributed by atoms with Crippen LogP contribution in [0.15, 0.2) is 84.9 Å². The highest BCUT2D eigenvalue weighted by Gasteiger charge is 2.34. The zero-order valence-corrected chi connectivity index (χ0v) is 17.7. The predicted octanol–water partition coefficient (Wildman–Crippen LogP) is 7.82. The van der Waals surface area contributed by atoms with Gasteiger partial charge in [-0.25, -0.2) is 0 Å².